The molecule has 3 heterocycles. The third-order valence-corrected chi connectivity index (χ3v) is 5.75. The number of anilines is 1. The van der Waals surface area contributed by atoms with Crippen molar-refractivity contribution in [2.45, 2.75) is 25.4 Å². The molecule has 4 aromatic rings. The molecule has 1 amide bonds. The number of thiazole rings is 1. The maximum Gasteiger partial charge on any atom is 0.280 e. The van der Waals surface area contributed by atoms with Gasteiger partial charge < -0.3 is 0 Å². The van der Waals surface area contributed by atoms with Crippen LogP contribution in [0, 0.1) is 0 Å². The first-order chi connectivity index (χ1) is 13.2. The molecule has 0 bridgehead atoms. The maximum absolute atomic E-state index is 12.6. The number of hydrogen-bond acceptors (Lipinski definition) is 6. The number of aromatic nitrogens is 4. The van der Waals surface area contributed by atoms with Gasteiger partial charge in [-0.2, -0.15) is 0 Å². The number of nitrogens with zero attached hydrogens (tertiary/aromatic N) is 5. The molecule has 8 heteroatoms. The second-order valence-corrected chi connectivity index (χ2v) is 7.92. The first-order valence-electron chi connectivity index (χ1n) is 8.88. The summed E-state index contributed by atoms with van der Waals surface area (Å²) in [4.78, 5) is 19.5. The molecule has 1 aliphatic carbocycles. The van der Waals surface area contributed by atoms with E-state index in [4.69, 9.17) is 0 Å². The maximum atomic E-state index is 12.6. The van der Waals surface area contributed by atoms with Gasteiger partial charge in [-0.15, -0.1) is 5.10 Å². The fourth-order valence-corrected chi connectivity index (χ4v) is 4.14. The van der Waals surface area contributed by atoms with Gasteiger partial charge in [-0.25, -0.2) is 9.50 Å². The lowest BCUT2D eigenvalue weighted by Crippen LogP contribution is -2.19. The molecule has 27 heavy (non-hydrogen) atoms. The van der Waals surface area contributed by atoms with E-state index in [0.29, 0.717) is 16.3 Å². The minimum absolute atomic E-state index is 0.293. The Morgan fingerprint density at radius 3 is 3.07 bits per heavy atom. The number of hydrogen-bond donors (Lipinski definition) is 1. The number of carbonyl (C=O) groups is 1. The summed E-state index contributed by atoms with van der Waals surface area (Å²) in [5.74, 6) is -0.302. The zero-order valence-electron chi connectivity index (χ0n) is 14.8. The highest BCUT2D eigenvalue weighted by molar-refractivity contribution is 7.22. The van der Waals surface area contributed by atoms with Gasteiger partial charge in [0.15, 0.2) is 10.8 Å². The van der Waals surface area contributed by atoms with Crippen molar-refractivity contribution < 1.29 is 4.79 Å². The molecule has 0 atom stereocenters. The molecule has 0 aliphatic heterocycles. The molecule has 1 saturated carbocycles. The highest BCUT2D eigenvalue weighted by Crippen LogP contribution is 2.30. The second-order valence-electron chi connectivity index (χ2n) is 6.89. The number of nitrogens with one attached hydrogen (secondary N) is 1. The number of pyridine rings is 1. The van der Waals surface area contributed by atoms with Gasteiger partial charge in [-0.3, -0.25) is 15.0 Å². The average molecular weight is 378 g/mol. The Bertz CT molecular complexity index is 1150. The highest BCUT2D eigenvalue weighted by Gasteiger charge is 2.26. The van der Waals surface area contributed by atoms with Crippen LogP contribution in [0.1, 0.15) is 28.9 Å². The molecule has 5 rings (SSSR count). The van der Waals surface area contributed by atoms with Crippen LogP contribution in [0.2, 0.25) is 0 Å². The van der Waals surface area contributed by atoms with Crippen molar-refractivity contribution in [2.24, 2.45) is 0 Å². The van der Waals surface area contributed by atoms with Crippen LogP contribution in [0.3, 0.4) is 0 Å². The molecule has 0 unspecified atom stereocenters. The third kappa shape index (κ3) is 3.17. The van der Waals surface area contributed by atoms with Crippen molar-refractivity contribution in [3.05, 3.63) is 53.9 Å². The van der Waals surface area contributed by atoms with E-state index in [1.807, 2.05) is 24.3 Å². The average Bonchev–Trinajstić information content (AvgIpc) is 3.31. The third-order valence-electron chi connectivity index (χ3n) is 4.81. The number of amides is 1. The molecule has 136 valence electrons. The van der Waals surface area contributed by atoms with Crippen molar-refractivity contribution in [2.75, 3.05) is 12.4 Å². The van der Waals surface area contributed by atoms with E-state index in [-0.39, 0.29) is 5.91 Å². The standard InChI is InChI=1S/C19H18N6OS/c1-24(13-6-7-13)11-12-5-8-14-16(10-12)27-19(20-14)21-18(26)17-15-4-2-3-9-25(15)23-22-17/h2-5,8-10,13H,6-7,11H2,1H3,(H,20,21,26). The van der Waals surface area contributed by atoms with Crippen molar-refractivity contribution in [3.8, 4) is 0 Å². The van der Waals surface area contributed by atoms with Crippen molar-refractivity contribution >= 4 is 38.1 Å². The Morgan fingerprint density at radius 1 is 1.33 bits per heavy atom. The fraction of sp³-hybridized carbons (Fsp3) is 0.263. The monoisotopic (exact) mass is 378 g/mol. The van der Waals surface area contributed by atoms with Gasteiger partial charge in [-0.05, 0) is 49.7 Å². The predicted octanol–water partition coefficient (Wildman–Crippen LogP) is 3.19. The van der Waals surface area contributed by atoms with Crippen LogP contribution < -0.4 is 5.32 Å². The Balaban J connectivity index is 1.37. The van der Waals surface area contributed by atoms with Crippen LogP contribution in [0.5, 0.6) is 0 Å². The van der Waals surface area contributed by atoms with Crippen LogP contribution >= 0.6 is 11.3 Å². The summed E-state index contributed by atoms with van der Waals surface area (Å²) in [6.45, 7) is 0.937. The zero-order valence-corrected chi connectivity index (χ0v) is 15.6. The lowest BCUT2D eigenvalue weighted by molar-refractivity contribution is 0.102. The van der Waals surface area contributed by atoms with Gasteiger partial charge in [-0.1, -0.05) is 28.7 Å². The largest absolute Gasteiger partial charge is 0.299 e. The minimum atomic E-state index is -0.302. The predicted molar refractivity (Wildman–Crippen MR) is 105 cm³/mol. The molecule has 0 spiro atoms. The van der Waals surface area contributed by atoms with E-state index in [1.165, 1.54) is 29.7 Å². The molecular formula is C19H18N6OS. The Kier molecular flexibility index (Phi) is 3.87. The van der Waals surface area contributed by atoms with Crippen LogP contribution in [0.15, 0.2) is 42.6 Å². The van der Waals surface area contributed by atoms with E-state index in [2.05, 4.69) is 44.7 Å². The normalized spacial score (nSPS) is 14.3. The summed E-state index contributed by atoms with van der Waals surface area (Å²) < 4.78 is 2.65. The van der Waals surface area contributed by atoms with E-state index >= 15 is 0 Å². The lowest BCUT2D eigenvalue weighted by atomic mass is 10.2. The summed E-state index contributed by atoms with van der Waals surface area (Å²) >= 11 is 1.48. The first-order valence-corrected chi connectivity index (χ1v) is 9.70. The molecular weight excluding hydrogens is 360 g/mol. The number of carbonyl (C=O) groups excluding carboxylic acids is 1. The fourth-order valence-electron chi connectivity index (χ4n) is 3.22. The molecule has 1 aliphatic rings. The van der Waals surface area contributed by atoms with E-state index in [9.17, 15) is 4.79 Å². The van der Waals surface area contributed by atoms with Gasteiger partial charge in [0.1, 0.15) is 0 Å². The molecule has 1 N–H and O–H groups in total. The SMILES string of the molecule is CN(Cc1ccc2nc(NC(=O)c3nnn4ccccc34)sc2c1)C1CC1. The minimum Gasteiger partial charge on any atom is -0.299 e. The van der Waals surface area contributed by atoms with Gasteiger partial charge in [0.2, 0.25) is 0 Å². The summed E-state index contributed by atoms with van der Waals surface area (Å²) in [6, 6.07) is 12.5. The molecule has 0 saturated heterocycles. The highest BCUT2D eigenvalue weighted by atomic mass is 32.1. The lowest BCUT2D eigenvalue weighted by Gasteiger charge is -2.15. The Hall–Kier alpha value is -2.84. The topological polar surface area (TPSA) is 75.4 Å². The van der Waals surface area contributed by atoms with Crippen LogP contribution in [-0.4, -0.2) is 43.7 Å². The van der Waals surface area contributed by atoms with Crippen LogP contribution in [0.25, 0.3) is 15.7 Å². The van der Waals surface area contributed by atoms with E-state index in [0.717, 1.165) is 22.8 Å². The smallest absolute Gasteiger partial charge is 0.280 e. The Labute approximate surface area is 159 Å². The molecule has 1 fully saturated rings. The summed E-state index contributed by atoms with van der Waals surface area (Å²) in [6.07, 6.45) is 4.36. The van der Waals surface area contributed by atoms with Crippen molar-refractivity contribution in [1.29, 1.82) is 0 Å². The molecule has 7 nitrogen and oxygen atoms in total. The van der Waals surface area contributed by atoms with Crippen molar-refractivity contribution in [1.82, 2.24) is 24.7 Å². The van der Waals surface area contributed by atoms with Gasteiger partial charge >= 0.3 is 0 Å². The summed E-state index contributed by atoms with van der Waals surface area (Å²) in [5, 5.41) is 11.4. The summed E-state index contributed by atoms with van der Waals surface area (Å²) in [7, 11) is 2.17. The number of benzene rings is 1. The molecule has 3 aromatic heterocycles. The second kappa shape index (κ2) is 6.40. The van der Waals surface area contributed by atoms with E-state index in [1.54, 1.807) is 10.7 Å². The Morgan fingerprint density at radius 2 is 2.22 bits per heavy atom. The van der Waals surface area contributed by atoms with Gasteiger partial charge in [0, 0.05) is 18.8 Å². The van der Waals surface area contributed by atoms with E-state index < -0.39 is 0 Å². The first kappa shape index (κ1) is 16.3. The quantitative estimate of drug-likeness (QED) is 0.577. The van der Waals surface area contributed by atoms with Gasteiger partial charge in [0.25, 0.3) is 5.91 Å². The van der Waals surface area contributed by atoms with Crippen LogP contribution in [-0.2, 0) is 6.54 Å². The summed E-state index contributed by atoms with van der Waals surface area (Å²) in [5.41, 5.74) is 3.12. The van der Waals surface area contributed by atoms with Crippen molar-refractivity contribution in [3.63, 3.8) is 0 Å². The number of fused-ring (bicyclic) bond motifs is 2. The molecule has 0 radical (unpaired) electrons. The van der Waals surface area contributed by atoms with Crippen LogP contribution in [0.4, 0.5) is 5.13 Å². The zero-order chi connectivity index (χ0) is 18.4. The molecule has 1 aromatic carbocycles. The van der Waals surface area contributed by atoms with Gasteiger partial charge in [0.05, 0.1) is 15.7 Å². The number of rotatable bonds is 5.